The molecule has 0 spiro atoms. The van der Waals surface area contributed by atoms with Crippen LogP contribution >= 0.6 is 0 Å². The first-order chi connectivity index (χ1) is 15.1. The Bertz CT molecular complexity index is 1450. The molecule has 2 aromatic carbocycles. The molecule has 6 nitrogen and oxygen atoms in total. The summed E-state index contributed by atoms with van der Waals surface area (Å²) in [6.45, 7) is 3.46. The number of benzene rings is 2. The van der Waals surface area contributed by atoms with Crippen LogP contribution in [0.15, 0.2) is 53.0 Å². The van der Waals surface area contributed by atoms with Crippen molar-refractivity contribution in [3.05, 3.63) is 59.8 Å². The molecule has 0 aliphatic carbocycles. The number of nitrogens with zero attached hydrogens (tertiary/aromatic N) is 4. The molecule has 4 aromatic rings. The average Bonchev–Trinajstić information content (AvgIpc) is 3.27. The molecule has 168 valence electrons. The Morgan fingerprint density at radius 3 is 2.31 bits per heavy atom. The predicted molar refractivity (Wildman–Crippen MR) is 119 cm³/mol. The molecule has 32 heavy (non-hydrogen) atoms. The van der Waals surface area contributed by atoms with E-state index in [0.717, 1.165) is 17.5 Å². The molecule has 0 unspecified atom stereocenters. The minimum atomic E-state index is -4.42. The molecular weight excluding hydrogens is 441 g/mol. The topological polar surface area (TPSA) is 69.2 Å². The van der Waals surface area contributed by atoms with Gasteiger partial charge in [0.15, 0.2) is 5.65 Å². The Balaban J connectivity index is 1.90. The van der Waals surface area contributed by atoms with Crippen molar-refractivity contribution in [2.75, 3.05) is 11.5 Å². The van der Waals surface area contributed by atoms with Crippen LogP contribution in [0, 0.1) is 0 Å². The maximum absolute atomic E-state index is 13.0. The summed E-state index contributed by atoms with van der Waals surface area (Å²) in [6, 6.07) is 9.79. The van der Waals surface area contributed by atoms with Crippen LogP contribution in [0.1, 0.15) is 29.8 Å². The summed E-state index contributed by atoms with van der Waals surface area (Å²) in [7, 11) is -0.855. The quantitative estimate of drug-likeness (QED) is 0.419. The van der Waals surface area contributed by atoms with Gasteiger partial charge < -0.3 is 0 Å². The molecule has 2 aromatic heterocycles. The SMILES string of the molecule is CCS(=O)(CC)=NC(=O)c1ccc2c(c1)c1cn(C)nc1n2-c1ccc(C(F)(F)F)cc1. The first-order valence-electron chi connectivity index (χ1n) is 9.98. The third-order valence-electron chi connectivity index (χ3n) is 5.40. The number of alkyl halides is 3. The van der Waals surface area contributed by atoms with E-state index in [4.69, 9.17) is 0 Å². The molecule has 0 saturated carbocycles. The Kier molecular flexibility index (Phi) is 5.36. The molecular formula is C22H21F3N4O2S. The van der Waals surface area contributed by atoms with Crippen LogP contribution in [-0.2, 0) is 23.0 Å². The highest BCUT2D eigenvalue weighted by Crippen LogP contribution is 2.34. The minimum absolute atomic E-state index is 0.286. The molecule has 0 aliphatic rings. The number of hydrogen-bond donors (Lipinski definition) is 0. The molecule has 0 atom stereocenters. The molecule has 10 heteroatoms. The van der Waals surface area contributed by atoms with Crippen molar-refractivity contribution in [3.63, 3.8) is 0 Å². The molecule has 0 aliphatic heterocycles. The predicted octanol–water partition coefficient (Wildman–Crippen LogP) is 5.18. The normalized spacial score (nSPS) is 12.6. The highest BCUT2D eigenvalue weighted by molar-refractivity contribution is 7.93. The van der Waals surface area contributed by atoms with Crippen molar-refractivity contribution in [1.29, 1.82) is 0 Å². The largest absolute Gasteiger partial charge is 0.416 e. The van der Waals surface area contributed by atoms with Crippen LogP contribution in [0.4, 0.5) is 13.2 Å². The highest BCUT2D eigenvalue weighted by Gasteiger charge is 2.30. The third-order valence-corrected chi connectivity index (χ3v) is 7.70. The van der Waals surface area contributed by atoms with E-state index in [0.29, 0.717) is 27.8 Å². The van der Waals surface area contributed by atoms with E-state index in [1.807, 2.05) is 0 Å². The second-order valence-corrected chi connectivity index (χ2v) is 10.3. The lowest BCUT2D eigenvalue weighted by Gasteiger charge is -2.10. The van der Waals surface area contributed by atoms with Gasteiger partial charge in [0.1, 0.15) is 0 Å². The van der Waals surface area contributed by atoms with E-state index in [2.05, 4.69) is 9.46 Å². The summed E-state index contributed by atoms with van der Waals surface area (Å²) < 4.78 is 58.8. The van der Waals surface area contributed by atoms with Gasteiger partial charge in [-0.2, -0.15) is 22.6 Å². The fourth-order valence-electron chi connectivity index (χ4n) is 3.62. The number of fused-ring (bicyclic) bond motifs is 3. The van der Waals surface area contributed by atoms with Gasteiger partial charge in [-0.25, -0.2) is 4.21 Å². The first kappa shape index (κ1) is 22.1. The summed E-state index contributed by atoms with van der Waals surface area (Å²) in [5, 5.41) is 5.90. The van der Waals surface area contributed by atoms with Crippen molar-refractivity contribution < 1.29 is 22.2 Å². The molecule has 0 bridgehead atoms. The van der Waals surface area contributed by atoms with Crippen molar-refractivity contribution in [2.45, 2.75) is 20.0 Å². The number of amides is 1. The summed E-state index contributed by atoms with van der Waals surface area (Å²) >= 11 is 0. The van der Waals surface area contributed by atoms with Gasteiger partial charge in [0.05, 0.1) is 20.8 Å². The molecule has 0 radical (unpaired) electrons. The maximum Gasteiger partial charge on any atom is 0.416 e. The van der Waals surface area contributed by atoms with Gasteiger partial charge in [0, 0.05) is 46.8 Å². The van der Waals surface area contributed by atoms with Gasteiger partial charge >= 0.3 is 6.18 Å². The number of carbonyl (C=O) groups is 1. The Labute approximate surface area is 182 Å². The minimum Gasteiger partial charge on any atom is -0.292 e. The lowest BCUT2D eigenvalue weighted by Crippen LogP contribution is -2.09. The number of aromatic nitrogens is 3. The van der Waals surface area contributed by atoms with Crippen LogP contribution in [0.25, 0.3) is 27.6 Å². The number of hydrogen-bond acceptors (Lipinski definition) is 3. The molecule has 0 fully saturated rings. The van der Waals surface area contributed by atoms with Gasteiger partial charge in [0.25, 0.3) is 5.91 Å². The van der Waals surface area contributed by atoms with Crippen LogP contribution in [-0.4, -0.2) is 36.0 Å². The van der Waals surface area contributed by atoms with Crippen molar-refractivity contribution >= 4 is 37.6 Å². The summed E-state index contributed by atoms with van der Waals surface area (Å²) in [5.74, 6) is 0.0171. The number of aryl methyl sites for hydroxylation is 1. The third kappa shape index (κ3) is 3.79. The van der Waals surface area contributed by atoms with Gasteiger partial charge in [-0.15, -0.1) is 0 Å². The summed E-state index contributed by atoms with van der Waals surface area (Å²) in [4.78, 5) is 12.7. The monoisotopic (exact) mass is 462 g/mol. The standard InChI is InChI=1S/C22H21F3N4O2S/c1-4-32(31,5-2)27-21(30)14-6-11-19-17(12-14)18-13-28(3)26-20(18)29(19)16-9-7-15(8-10-16)22(23,24)25/h6-13H,4-5H2,1-3H3. The van der Waals surface area contributed by atoms with E-state index in [9.17, 15) is 22.2 Å². The van der Waals surface area contributed by atoms with Crippen molar-refractivity contribution in [1.82, 2.24) is 14.3 Å². The zero-order valence-electron chi connectivity index (χ0n) is 17.7. The zero-order valence-corrected chi connectivity index (χ0v) is 18.5. The Morgan fingerprint density at radius 1 is 1.06 bits per heavy atom. The first-order valence-corrected chi connectivity index (χ1v) is 11.8. The lowest BCUT2D eigenvalue weighted by molar-refractivity contribution is -0.137. The van der Waals surface area contributed by atoms with Crippen LogP contribution in [0.3, 0.4) is 0 Å². The number of carbonyl (C=O) groups excluding carboxylic acids is 1. The Morgan fingerprint density at radius 2 is 1.72 bits per heavy atom. The molecule has 0 saturated heterocycles. The summed E-state index contributed by atoms with van der Waals surface area (Å²) in [6.07, 6.45) is -2.64. The second kappa shape index (κ2) is 7.77. The second-order valence-electron chi connectivity index (χ2n) is 7.40. The fraction of sp³-hybridized carbons (Fsp3) is 0.273. The lowest BCUT2D eigenvalue weighted by atomic mass is 10.1. The number of halogens is 3. The fourth-order valence-corrected chi connectivity index (χ4v) is 4.70. The molecule has 1 amide bonds. The number of rotatable bonds is 4. The molecule has 4 rings (SSSR count). The van der Waals surface area contributed by atoms with Gasteiger partial charge in [-0.1, -0.05) is 13.8 Å². The van der Waals surface area contributed by atoms with Gasteiger partial charge in [0.2, 0.25) is 0 Å². The summed E-state index contributed by atoms with van der Waals surface area (Å²) in [5.41, 5.74) is 1.31. The zero-order chi connectivity index (χ0) is 23.3. The van der Waals surface area contributed by atoms with Crippen LogP contribution < -0.4 is 0 Å². The Hall–Kier alpha value is -3.14. The van der Waals surface area contributed by atoms with Crippen LogP contribution in [0.2, 0.25) is 0 Å². The molecule has 2 heterocycles. The van der Waals surface area contributed by atoms with E-state index in [-0.39, 0.29) is 11.5 Å². The van der Waals surface area contributed by atoms with Gasteiger partial charge in [-0.3, -0.25) is 14.0 Å². The van der Waals surface area contributed by atoms with Gasteiger partial charge in [-0.05, 0) is 42.5 Å². The highest BCUT2D eigenvalue weighted by atomic mass is 32.2. The maximum atomic E-state index is 13.0. The van der Waals surface area contributed by atoms with E-state index < -0.39 is 27.4 Å². The van der Waals surface area contributed by atoms with E-state index in [1.165, 1.54) is 12.1 Å². The van der Waals surface area contributed by atoms with E-state index in [1.54, 1.807) is 54.5 Å². The van der Waals surface area contributed by atoms with E-state index >= 15 is 0 Å². The van der Waals surface area contributed by atoms with Crippen LogP contribution in [0.5, 0.6) is 0 Å². The van der Waals surface area contributed by atoms with Crippen molar-refractivity contribution in [3.8, 4) is 5.69 Å². The smallest absolute Gasteiger partial charge is 0.292 e. The molecule has 0 N–H and O–H groups in total. The van der Waals surface area contributed by atoms with Crippen molar-refractivity contribution in [2.24, 2.45) is 11.4 Å². The average molecular weight is 462 g/mol.